The van der Waals surface area contributed by atoms with Crippen LogP contribution in [0.5, 0.6) is 0 Å². The fourth-order valence-corrected chi connectivity index (χ4v) is 2.62. The first-order chi connectivity index (χ1) is 3.31. The first-order valence-electron chi connectivity index (χ1n) is 2.83. The molecule has 0 aromatic carbocycles. The van der Waals surface area contributed by atoms with Crippen LogP contribution in [0.2, 0.25) is 8.37 Å². The Morgan fingerprint density at radius 3 is 2.43 bits per heavy atom. The third kappa shape index (κ3) is 4.66. The van der Waals surface area contributed by atoms with Gasteiger partial charge in [0.2, 0.25) is 0 Å². The van der Waals surface area contributed by atoms with Crippen molar-refractivity contribution in [3.63, 3.8) is 0 Å². The zero-order chi connectivity index (χ0) is 5.70. The van der Waals surface area contributed by atoms with Crippen molar-refractivity contribution in [2.75, 3.05) is 0 Å². The Morgan fingerprint density at radius 2 is 2.29 bits per heavy atom. The summed E-state index contributed by atoms with van der Waals surface area (Å²) in [4.78, 5) is 0. The van der Waals surface area contributed by atoms with E-state index in [9.17, 15) is 0 Å². The van der Waals surface area contributed by atoms with Crippen LogP contribution in [-0.4, -0.2) is 21.1 Å². The van der Waals surface area contributed by atoms with Gasteiger partial charge in [0.15, 0.2) is 0 Å². The topological polar surface area (TPSA) is 0 Å². The molecule has 0 amide bonds. The first kappa shape index (κ1) is 7.80. The van der Waals surface area contributed by atoms with Crippen LogP contribution in [0.4, 0.5) is 0 Å². The van der Waals surface area contributed by atoms with Crippen LogP contribution in [-0.2, 0) is 0 Å². The van der Waals surface area contributed by atoms with E-state index in [1.165, 1.54) is 10.9 Å². The third-order valence-electron chi connectivity index (χ3n) is 1.11. The van der Waals surface area contributed by atoms with E-state index in [1.54, 1.807) is 0 Å². The predicted octanol–water partition coefficient (Wildman–Crippen LogP) is 2.16. The maximum absolute atomic E-state index is 3.85. The van der Waals surface area contributed by atoms with E-state index in [1.807, 2.05) is 0 Å². The van der Waals surface area contributed by atoms with E-state index < -0.39 is 0 Å². The zero-order valence-corrected chi connectivity index (χ0v) is 8.05. The second-order valence-electron chi connectivity index (χ2n) is 1.76. The summed E-state index contributed by atoms with van der Waals surface area (Å²) in [6.45, 7) is 8.46. The summed E-state index contributed by atoms with van der Waals surface area (Å²) >= 11 is -0.000972. The van der Waals surface area contributed by atoms with E-state index >= 15 is 0 Å². The molecule has 7 heavy (non-hydrogen) atoms. The quantitative estimate of drug-likeness (QED) is 0.617. The van der Waals surface area contributed by atoms with Crippen molar-refractivity contribution in [3.8, 4) is 0 Å². The van der Waals surface area contributed by atoms with Crippen molar-refractivity contribution >= 4 is 21.1 Å². The summed E-state index contributed by atoms with van der Waals surface area (Å²) in [5.41, 5.74) is 0. The maximum atomic E-state index is 3.85. The summed E-state index contributed by atoms with van der Waals surface area (Å²) < 4.78 is 2.32. The SMILES string of the molecule is [CH2][CH2][Sn][CH](C)CC. The van der Waals surface area contributed by atoms with Crippen LogP contribution in [0.3, 0.4) is 0 Å². The van der Waals surface area contributed by atoms with Gasteiger partial charge in [0.1, 0.15) is 0 Å². The standard InChI is InChI=1S/C4H9.C2H4.Sn/c1-3-4-2;1-2;/h3H,4H2,1-2H3;1-2H2;. The van der Waals surface area contributed by atoms with E-state index in [2.05, 4.69) is 20.8 Å². The van der Waals surface area contributed by atoms with E-state index in [0.29, 0.717) is 0 Å². The molecule has 0 aromatic heterocycles. The summed E-state index contributed by atoms with van der Waals surface area (Å²) in [5.74, 6) is 0. The Morgan fingerprint density at radius 1 is 1.71 bits per heavy atom. The van der Waals surface area contributed by atoms with Crippen molar-refractivity contribution in [1.82, 2.24) is 0 Å². The van der Waals surface area contributed by atoms with Crippen molar-refractivity contribution in [2.24, 2.45) is 0 Å². The minimum atomic E-state index is -0.000972. The van der Waals surface area contributed by atoms with Crippen molar-refractivity contribution in [1.29, 1.82) is 0 Å². The van der Waals surface area contributed by atoms with E-state index in [-0.39, 0.29) is 21.1 Å². The Kier molecular flexibility index (Phi) is 5.51. The molecular weight excluding hydrogens is 191 g/mol. The summed E-state index contributed by atoms with van der Waals surface area (Å²) in [5, 5.41) is 0. The molecule has 0 aliphatic rings. The number of hydrogen-bond acceptors (Lipinski definition) is 0. The van der Waals surface area contributed by atoms with Gasteiger partial charge in [0.25, 0.3) is 0 Å². The summed E-state index contributed by atoms with van der Waals surface area (Å²) in [6, 6.07) is 0. The third-order valence-corrected chi connectivity index (χ3v) is 5.08. The van der Waals surface area contributed by atoms with Gasteiger partial charge < -0.3 is 0 Å². The van der Waals surface area contributed by atoms with E-state index in [0.717, 1.165) is 3.93 Å². The first-order valence-corrected chi connectivity index (χ1v) is 6.50. The minimum absolute atomic E-state index is 0.000972. The van der Waals surface area contributed by atoms with Crippen LogP contribution >= 0.6 is 0 Å². The average Bonchev–Trinajstić information content (AvgIpc) is 1.68. The van der Waals surface area contributed by atoms with Crippen LogP contribution in [0.15, 0.2) is 0 Å². The van der Waals surface area contributed by atoms with Gasteiger partial charge in [-0.1, -0.05) is 0 Å². The summed E-state index contributed by atoms with van der Waals surface area (Å²) in [7, 11) is 0. The molecule has 0 aliphatic carbocycles. The van der Waals surface area contributed by atoms with Crippen LogP contribution in [0.25, 0.3) is 0 Å². The molecule has 0 fully saturated rings. The second kappa shape index (κ2) is 4.95. The Labute approximate surface area is 56.9 Å². The zero-order valence-electron chi connectivity index (χ0n) is 5.20. The Hall–Kier alpha value is 0.799. The molecule has 0 aliphatic heterocycles. The molecule has 41 valence electrons. The van der Waals surface area contributed by atoms with Crippen molar-refractivity contribution in [2.45, 2.75) is 28.6 Å². The molecule has 0 bridgehead atoms. The van der Waals surface area contributed by atoms with Crippen molar-refractivity contribution < 1.29 is 0 Å². The Balaban J connectivity index is 2.83. The van der Waals surface area contributed by atoms with Crippen LogP contribution < -0.4 is 0 Å². The molecular formula is C6H13Sn. The molecule has 1 unspecified atom stereocenters. The molecule has 3 radical (unpaired) electrons. The predicted molar refractivity (Wildman–Crippen MR) is 35.6 cm³/mol. The number of hydrogen-bond donors (Lipinski definition) is 0. The van der Waals surface area contributed by atoms with Gasteiger partial charge in [-0.25, -0.2) is 0 Å². The average molecular weight is 204 g/mol. The van der Waals surface area contributed by atoms with E-state index in [4.69, 9.17) is 0 Å². The number of rotatable bonds is 3. The van der Waals surface area contributed by atoms with Crippen LogP contribution in [0, 0.1) is 6.92 Å². The molecule has 0 nitrogen and oxygen atoms in total. The second-order valence-corrected chi connectivity index (χ2v) is 7.17. The molecule has 0 saturated heterocycles. The van der Waals surface area contributed by atoms with Crippen LogP contribution in [0.1, 0.15) is 20.3 Å². The Bertz CT molecular complexity index is 35.2. The molecule has 1 heteroatoms. The van der Waals surface area contributed by atoms with Gasteiger partial charge in [0, 0.05) is 0 Å². The van der Waals surface area contributed by atoms with Gasteiger partial charge in [-0.3, -0.25) is 0 Å². The van der Waals surface area contributed by atoms with Gasteiger partial charge >= 0.3 is 56.7 Å². The fourth-order valence-electron chi connectivity index (χ4n) is 0.391. The molecule has 0 heterocycles. The van der Waals surface area contributed by atoms with Crippen molar-refractivity contribution in [3.05, 3.63) is 6.92 Å². The molecule has 0 rings (SSSR count). The van der Waals surface area contributed by atoms with Gasteiger partial charge in [-0.2, -0.15) is 0 Å². The molecule has 0 saturated carbocycles. The molecule has 0 aromatic rings. The normalized spacial score (nSPS) is 14.1. The van der Waals surface area contributed by atoms with Gasteiger partial charge in [-0.15, -0.1) is 0 Å². The molecule has 1 atom stereocenters. The monoisotopic (exact) mass is 205 g/mol. The molecule has 0 spiro atoms. The fraction of sp³-hybridized carbons (Fsp3) is 0.833. The van der Waals surface area contributed by atoms with Gasteiger partial charge in [-0.05, 0) is 0 Å². The summed E-state index contributed by atoms with van der Waals surface area (Å²) in [6.07, 6.45) is 1.38. The molecule has 0 N–H and O–H groups in total. The van der Waals surface area contributed by atoms with Gasteiger partial charge in [0.05, 0.1) is 0 Å².